The summed E-state index contributed by atoms with van der Waals surface area (Å²) in [6.07, 6.45) is 23.6. The van der Waals surface area contributed by atoms with E-state index in [9.17, 15) is 0 Å². The topological polar surface area (TPSA) is 9.23 Å². The zero-order valence-corrected chi connectivity index (χ0v) is 19.1. The fraction of sp³-hybridized carbons (Fsp3) is 0.778. The number of hydrogen-bond acceptors (Lipinski definition) is 1. The van der Waals surface area contributed by atoms with Gasteiger partial charge in [-0.2, -0.15) is 0 Å². The van der Waals surface area contributed by atoms with Crippen molar-refractivity contribution < 1.29 is 4.74 Å². The molecule has 0 aromatic heterocycles. The zero-order valence-electron chi connectivity index (χ0n) is 19.1. The van der Waals surface area contributed by atoms with Crippen molar-refractivity contribution in [2.45, 2.75) is 129 Å². The summed E-state index contributed by atoms with van der Waals surface area (Å²) in [6.45, 7) is 5.51. The van der Waals surface area contributed by atoms with Gasteiger partial charge < -0.3 is 4.74 Å². The first kappa shape index (κ1) is 25.2. The highest BCUT2D eigenvalue weighted by Crippen LogP contribution is 2.13. The van der Waals surface area contributed by atoms with Gasteiger partial charge in [0, 0.05) is 6.61 Å². The molecule has 0 aliphatic rings. The van der Waals surface area contributed by atoms with Crippen LogP contribution in [0.25, 0.3) is 0 Å². The van der Waals surface area contributed by atoms with E-state index < -0.39 is 0 Å². The van der Waals surface area contributed by atoms with Crippen molar-refractivity contribution in [2.24, 2.45) is 0 Å². The molecule has 1 aromatic rings. The molecule has 1 rings (SSSR count). The number of hydrogen-bond donors (Lipinski definition) is 0. The lowest BCUT2D eigenvalue weighted by molar-refractivity contribution is 0.0557. The Morgan fingerprint density at radius 2 is 1.18 bits per heavy atom. The predicted octanol–water partition coefficient (Wildman–Crippen LogP) is 8.90. The molecule has 0 aliphatic heterocycles. The first-order valence-corrected chi connectivity index (χ1v) is 12.5. The molecule has 1 nitrogen and oxygen atoms in total. The zero-order chi connectivity index (χ0) is 20.1. The monoisotopic (exact) mass is 388 g/mol. The van der Waals surface area contributed by atoms with E-state index in [2.05, 4.69) is 44.2 Å². The van der Waals surface area contributed by atoms with Crippen molar-refractivity contribution in [1.29, 1.82) is 0 Å². The van der Waals surface area contributed by atoms with Gasteiger partial charge in [-0.15, -0.1) is 0 Å². The van der Waals surface area contributed by atoms with Crippen molar-refractivity contribution in [1.82, 2.24) is 0 Å². The Bertz CT molecular complexity index is 414. The Hall–Kier alpha value is -0.820. The maximum absolute atomic E-state index is 6.00. The van der Waals surface area contributed by atoms with Crippen LogP contribution >= 0.6 is 0 Å². The molecule has 0 bridgehead atoms. The van der Waals surface area contributed by atoms with E-state index in [0.717, 1.165) is 6.61 Å². The molecule has 0 spiro atoms. The predicted molar refractivity (Wildman–Crippen MR) is 125 cm³/mol. The van der Waals surface area contributed by atoms with Crippen molar-refractivity contribution in [3.05, 3.63) is 35.9 Å². The number of aryl methyl sites for hydroxylation is 1. The minimum absolute atomic E-state index is 0.454. The van der Waals surface area contributed by atoms with Crippen molar-refractivity contribution in [2.75, 3.05) is 6.61 Å². The van der Waals surface area contributed by atoms with Gasteiger partial charge in [-0.25, -0.2) is 0 Å². The van der Waals surface area contributed by atoms with Crippen LogP contribution in [0.4, 0.5) is 0 Å². The number of unbranched alkanes of at least 4 members (excludes halogenated alkanes) is 13. The van der Waals surface area contributed by atoms with Crippen LogP contribution < -0.4 is 0 Å². The van der Waals surface area contributed by atoms with Crippen LogP contribution in [-0.2, 0) is 11.2 Å². The van der Waals surface area contributed by atoms with Gasteiger partial charge in [-0.05, 0) is 38.2 Å². The van der Waals surface area contributed by atoms with E-state index in [1.54, 1.807) is 0 Å². The molecule has 28 heavy (non-hydrogen) atoms. The SMILES string of the molecule is CCCCCCCCCCC[C@H](C)OCCCCCCCCc1ccccc1. The Balaban J connectivity index is 1.76. The highest BCUT2D eigenvalue weighted by molar-refractivity contribution is 5.14. The van der Waals surface area contributed by atoms with E-state index in [1.165, 1.54) is 115 Å². The van der Waals surface area contributed by atoms with Gasteiger partial charge in [0.15, 0.2) is 0 Å². The van der Waals surface area contributed by atoms with Crippen LogP contribution in [0.1, 0.15) is 122 Å². The van der Waals surface area contributed by atoms with Crippen molar-refractivity contribution >= 4 is 0 Å². The van der Waals surface area contributed by atoms with E-state index in [0.29, 0.717) is 6.10 Å². The van der Waals surface area contributed by atoms with Gasteiger partial charge in [0.2, 0.25) is 0 Å². The van der Waals surface area contributed by atoms with E-state index in [4.69, 9.17) is 4.74 Å². The summed E-state index contributed by atoms with van der Waals surface area (Å²) in [5.41, 5.74) is 1.48. The first-order valence-electron chi connectivity index (χ1n) is 12.5. The number of rotatable bonds is 20. The Morgan fingerprint density at radius 3 is 1.82 bits per heavy atom. The third-order valence-electron chi connectivity index (χ3n) is 5.82. The summed E-state index contributed by atoms with van der Waals surface area (Å²) >= 11 is 0. The van der Waals surface area contributed by atoms with Gasteiger partial charge >= 0.3 is 0 Å². The van der Waals surface area contributed by atoms with Gasteiger partial charge in [-0.1, -0.05) is 121 Å². The van der Waals surface area contributed by atoms with Crippen LogP contribution in [0.3, 0.4) is 0 Å². The summed E-state index contributed by atoms with van der Waals surface area (Å²) in [4.78, 5) is 0. The maximum Gasteiger partial charge on any atom is 0.0547 e. The average molecular weight is 389 g/mol. The minimum Gasteiger partial charge on any atom is -0.379 e. The summed E-state index contributed by atoms with van der Waals surface area (Å²) in [5, 5.41) is 0. The third-order valence-corrected chi connectivity index (χ3v) is 5.82. The smallest absolute Gasteiger partial charge is 0.0547 e. The molecule has 0 unspecified atom stereocenters. The highest BCUT2D eigenvalue weighted by Gasteiger charge is 2.02. The number of ether oxygens (including phenoxy) is 1. The van der Waals surface area contributed by atoms with Crippen LogP contribution in [-0.4, -0.2) is 12.7 Å². The third kappa shape index (κ3) is 16.2. The molecule has 0 amide bonds. The molecule has 0 N–H and O–H groups in total. The van der Waals surface area contributed by atoms with Crippen molar-refractivity contribution in [3.63, 3.8) is 0 Å². The maximum atomic E-state index is 6.00. The second-order valence-electron chi connectivity index (χ2n) is 8.66. The van der Waals surface area contributed by atoms with E-state index in [1.807, 2.05) is 0 Å². The van der Waals surface area contributed by atoms with Gasteiger partial charge in [0.1, 0.15) is 0 Å². The van der Waals surface area contributed by atoms with Gasteiger partial charge in [0.05, 0.1) is 6.10 Å². The normalized spacial score (nSPS) is 12.4. The molecule has 0 saturated carbocycles. The lowest BCUT2D eigenvalue weighted by Crippen LogP contribution is -2.09. The van der Waals surface area contributed by atoms with Crippen LogP contribution in [0.5, 0.6) is 0 Å². The summed E-state index contributed by atoms with van der Waals surface area (Å²) in [5.74, 6) is 0. The second kappa shape index (κ2) is 19.5. The number of benzene rings is 1. The first-order chi connectivity index (χ1) is 13.8. The molecular formula is C27H48O. The lowest BCUT2D eigenvalue weighted by atomic mass is 10.0. The molecule has 0 radical (unpaired) electrons. The van der Waals surface area contributed by atoms with E-state index in [-0.39, 0.29) is 0 Å². The molecule has 1 heteroatoms. The molecule has 1 aromatic carbocycles. The molecule has 162 valence electrons. The van der Waals surface area contributed by atoms with Crippen LogP contribution in [0.15, 0.2) is 30.3 Å². The molecule has 0 aliphatic carbocycles. The molecular weight excluding hydrogens is 340 g/mol. The van der Waals surface area contributed by atoms with Crippen LogP contribution in [0, 0.1) is 0 Å². The largest absolute Gasteiger partial charge is 0.379 e. The summed E-state index contributed by atoms with van der Waals surface area (Å²) in [7, 11) is 0. The summed E-state index contributed by atoms with van der Waals surface area (Å²) < 4.78 is 6.00. The summed E-state index contributed by atoms with van der Waals surface area (Å²) in [6, 6.07) is 10.9. The average Bonchev–Trinajstić information content (AvgIpc) is 2.72. The highest BCUT2D eigenvalue weighted by atomic mass is 16.5. The minimum atomic E-state index is 0.454. The quantitative estimate of drug-likeness (QED) is 0.203. The second-order valence-corrected chi connectivity index (χ2v) is 8.66. The Kier molecular flexibility index (Phi) is 17.6. The Labute approximate surface area is 176 Å². The molecule has 0 heterocycles. The lowest BCUT2D eigenvalue weighted by Gasteiger charge is -2.13. The fourth-order valence-corrected chi connectivity index (χ4v) is 3.89. The standard InChI is InChI=1S/C27H48O/c1-3-4-5-6-7-8-9-12-16-21-26(2)28-25-20-14-11-10-13-17-22-27-23-18-15-19-24-27/h15,18-19,23-24,26H,3-14,16-17,20-22,25H2,1-2H3/t26-/m0/s1. The molecule has 1 atom stereocenters. The molecule has 0 saturated heterocycles. The Morgan fingerprint density at radius 1 is 0.643 bits per heavy atom. The fourth-order valence-electron chi connectivity index (χ4n) is 3.89. The molecule has 0 fully saturated rings. The van der Waals surface area contributed by atoms with Crippen molar-refractivity contribution in [3.8, 4) is 0 Å². The van der Waals surface area contributed by atoms with Gasteiger partial charge in [0.25, 0.3) is 0 Å². The van der Waals surface area contributed by atoms with Gasteiger partial charge in [-0.3, -0.25) is 0 Å². The van der Waals surface area contributed by atoms with Crippen LogP contribution in [0.2, 0.25) is 0 Å². The van der Waals surface area contributed by atoms with E-state index >= 15 is 0 Å².